The van der Waals surface area contributed by atoms with Gasteiger partial charge in [0, 0.05) is 5.56 Å². The molecule has 0 saturated carbocycles. The number of pyridine rings is 1. The van der Waals surface area contributed by atoms with Crippen molar-refractivity contribution in [3.05, 3.63) is 59.2 Å². The Kier molecular flexibility index (Phi) is 3.77. The molecule has 0 bridgehead atoms. The summed E-state index contributed by atoms with van der Waals surface area (Å²) in [6.07, 6.45) is 0.684. The molecule has 6 heteroatoms. The summed E-state index contributed by atoms with van der Waals surface area (Å²) in [6.45, 7) is 2.00. The van der Waals surface area contributed by atoms with Crippen LogP contribution in [0.1, 0.15) is 33.2 Å². The van der Waals surface area contributed by atoms with Crippen molar-refractivity contribution in [3.8, 4) is 16.9 Å². The van der Waals surface area contributed by atoms with Crippen LogP contribution in [0.25, 0.3) is 27.7 Å². The van der Waals surface area contributed by atoms with Crippen molar-refractivity contribution < 1.29 is 24.5 Å². The van der Waals surface area contributed by atoms with Crippen molar-refractivity contribution in [2.24, 2.45) is 0 Å². The van der Waals surface area contributed by atoms with Crippen LogP contribution >= 0.6 is 0 Å². The number of hydrogen-bond acceptors (Lipinski definition) is 3. The highest BCUT2D eigenvalue weighted by molar-refractivity contribution is 6.17. The average molecular weight is 363 g/mol. The molecule has 0 aliphatic rings. The van der Waals surface area contributed by atoms with Crippen LogP contribution in [-0.2, 0) is 6.42 Å². The lowest BCUT2D eigenvalue weighted by Crippen LogP contribution is -2.06. The summed E-state index contributed by atoms with van der Waals surface area (Å²) < 4.78 is 6.96. The van der Waals surface area contributed by atoms with E-state index in [1.807, 2.05) is 37.3 Å². The van der Waals surface area contributed by atoms with Gasteiger partial charge < -0.3 is 19.4 Å². The number of carboxylic acid groups (broad SMARTS) is 2. The maximum atomic E-state index is 12.1. The van der Waals surface area contributed by atoms with E-state index in [1.165, 1.54) is 0 Å². The molecule has 0 radical (unpaired) electrons. The van der Waals surface area contributed by atoms with Gasteiger partial charge in [-0.15, -0.1) is 0 Å². The largest absolute Gasteiger partial charge is 0.497 e. The van der Waals surface area contributed by atoms with Gasteiger partial charge >= 0.3 is 11.9 Å². The average Bonchev–Trinajstić information content (AvgIpc) is 3.18. The topological polar surface area (TPSA) is 88.2 Å². The number of nitrogens with zero attached hydrogens (tertiary/aromatic N) is 1. The second-order valence-electron chi connectivity index (χ2n) is 6.28. The molecule has 0 atom stereocenters. The van der Waals surface area contributed by atoms with Crippen molar-refractivity contribution in [1.82, 2.24) is 4.40 Å². The minimum absolute atomic E-state index is 0.177. The molecule has 0 aliphatic heterocycles. The van der Waals surface area contributed by atoms with Crippen LogP contribution in [0.3, 0.4) is 0 Å². The summed E-state index contributed by atoms with van der Waals surface area (Å²) in [4.78, 5) is 23.9. The molecule has 4 aromatic rings. The predicted molar refractivity (Wildman–Crippen MR) is 101 cm³/mol. The molecule has 1 aromatic carbocycles. The number of carboxylic acids is 2. The molecule has 3 aromatic heterocycles. The van der Waals surface area contributed by atoms with Crippen molar-refractivity contribution in [2.75, 3.05) is 7.11 Å². The molecule has 0 fully saturated rings. The van der Waals surface area contributed by atoms with Crippen LogP contribution in [-0.4, -0.2) is 33.7 Å². The summed E-state index contributed by atoms with van der Waals surface area (Å²) in [5.74, 6) is -1.80. The molecule has 2 N–H and O–H groups in total. The number of methoxy groups -OCH3 is 1. The van der Waals surface area contributed by atoms with Crippen LogP contribution in [0.4, 0.5) is 0 Å². The predicted octanol–water partition coefficient (Wildman–Crippen LogP) is 4.16. The van der Waals surface area contributed by atoms with E-state index in [9.17, 15) is 19.8 Å². The van der Waals surface area contributed by atoms with E-state index in [4.69, 9.17) is 4.74 Å². The number of aromatic carboxylic acids is 2. The number of rotatable bonds is 5. The highest BCUT2D eigenvalue weighted by Gasteiger charge is 2.31. The van der Waals surface area contributed by atoms with Gasteiger partial charge in [-0.2, -0.15) is 0 Å². The Bertz CT molecular complexity index is 1190. The number of hydrogen-bond donors (Lipinski definition) is 2. The van der Waals surface area contributed by atoms with Gasteiger partial charge in [-0.05, 0) is 41.8 Å². The molecule has 0 spiro atoms. The van der Waals surface area contributed by atoms with Crippen LogP contribution in [0, 0.1) is 0 Å². The molecule has 136 valence electrons. The highest BCUT2D eigenvalue weighted by atomic mass is 16.5. The number of aryl methyl sites for hydroxylation is 1. The summed E-state index contributed by atoms with van der Waals surface area (Å²) >= 11 is 0. The smallest absolute Gasteiger partial charge is 0.338 e. The van der Waals surface area contributed by atoms with Crippen LogP contribution < -0.4 is 4.74 Å². The summed E-state index contributed by atoms with van der Waals surface area (Å²) in [7, 11) is 1.58. The van der Waals surface area contributed by atoms with Crippen molar-refractivity contribution in [2.45, 2.75) is 13.3 Å². The lowest BCUT2D eigenvalue weighted by Gasteiger charge is -2.07. The first-order valence-corrected chi connectivity index (χ1v) is 8.51. The fourth-order valence-corrected chi connectivity index (χ4v) is 3.90. The highest BCUT2D eigenvalue weighted by Crippen LogP contribution is 2.41. The summed E-state index contributed by atoms with van der Waals surface area (Å²) in [5, 5.41) is 19.5. The molecule has 0 amide bonds. The third-order valence-electron chi connectivity index (χ3n) is 4.96. The Labute approximate surface area is 154 Å². The van der Waals surface area contributed by atoms with E-state index in [1.54, 1.807) is 23.6 Å². The quantitative estimate of drug-likeness (QED) is 0.556. The Balaban J connectivity index is 2.22. The van der Waals surface area contributed by atoms with E-state index in [2.05, 4.69) is 0 Å². The number of carbonyl (C=O) groups is 2. The van der Waals surface area contributed by atoms with Crippen LogP contribution in [0.15, 0.2) is 42.5 Å². The SMILES string of the molecule is CCc1c(-c2ccc(OC)cc2)c2c(C(=O)O)c(C(=O)O)c3cccc1n32. The fourth-order valence-electron chi connectivity index (χ4n) is 3.90. The first-order chi connectivity index (χ1) is 13.0. The Morgan fingerprint density at radius 2 is 1.59 bits per heavy atom. The summed E-state index contributed by atoms with van der Waals surface area (Å²) in [6, 6.07) is 12.6. The van der Waals surface area contributed by atoms with Gasteiger partial charge in [0.2, 0.25) is 0 Å². The van der Waals surface area contributed by atoms with E-state index >= 15 is 0 Å². The van der Waals surface area contributed by atoms with Crippen LogP contribution in [0.2, 0.25) is 0 Å². The van der Waals surface area contributed by atoms with E-state index in [0.29, 0.717) is 23.2 Å². The number of aromatic nitrogens is 1. The maximum absolute atomic E-state index is 12.1. The fraction of sp³-hybridized carbons (Fsp3) is 0.143. The molecule has 4 rings (SSSR count). The molecular formula is C21H17NO5. The molecule has 3 heterocycles. The van der Waals surface area contributed by atoms with Crippen molar-refractivity contribution in [3.63, 3.8) is 0 Å². The minimum Gasteiger partial charge on any atom is -0.497 e. The molecule has 0 aliphatic carbocycles. The van der Waals surface area contributed by atoms with Crippen LogP contribution in [0.5, 0.6) is 5.75 Å². The first kappa shape index (κ1) is 16.9. The third-order valence-corrected chi connectivity index (χ3v) is 4.96. The van der Waals surface area contributed by atoms with Gasteiger partial charge in [-0.1, -0.05) is 25.1 Å². The number of benzene rings is 1. The van der Waals surface area contributed by atoms with Gasteiger partial charge in [-0.25, -0.2) is 9.59 Å². The summed E-state index contributed by atoms with van der Waals surface area (Å²) in [5.41, 5.74) is 3.84. The van der Waals surface area contributed by atoms with E-state index < -0.39 is 11.9 Å². The normalized spacial score (nSPS) is 11.3. The zero-order valence-electron chi connectivity index (χ0n) is 14.8. The molecular weight excluding hydrogens is 346 g/mol. The third kappa shape index (κ3) is 2.26. The first-order valence-electron chi connectivity index (χ1n) is 8.51. The monoisotopic (exact) mass is 363 g/mol. The molecule has 27 heavy (non-hydrogen) atoms. The minimum atomic E-state index is -1.25. The van der Waals surface area contributed by atoms with Gasteiger partial charge in [-0.3, -0.25) is 0 Å². The van der Waals surface area contributed by atoms with Crippen molar-refractivity contribution in [1.29, 1.82) is 0 Å². The number of ether oxygens (including phenoxy) is 1. The molecule has 6 nitrogen and oxygen atoms in total. The Hall–Kier alpha value is -3.54. The molecule has 0 saturated heterocycles. The maximum Gasteiger partial charge on any atom is 0.338 e. The lowest BCUT2D eigenvalue weighted by atomic mass is 9.97. The Morgan fingerprint density at radius 1 is 0.963 bits per heavy atom. The van der Waals surface area contributed by atoms with Gasteiger partial charge in [0.1, 0.15) is 16.9 Å². The second kappa shape index (κ2) is 6.02. The Morgan fingerprint density at radius 3 is 2.15 bits per heavy atom. The van der Waals surface area contributed by atoms with Crippen molar-refractivity contribution >= 4 is 28.5 Å². The van der Waals surface area contributed by atoms with E-state index in [0.717, 1.165) is 22.2 Å². The van der Waals surface area contributed by atoms with Gasteiger partial charge in [0.05, 0.1) is 23.7 Å². The zero-order chi connectivity index (χ0) is 19.3. The standard InChI is InChI=1S/C21H17NO5/c1-3-13-14-5-4-6-15-17(20(23)24)18(21(25)26)19(22(14)15)16(13)11-7-9-12(27-2)10-8-11/h4-10H,3H2,1-2H3,(H,23,24)(H,25,26). The van der Waals surface area contributed by atoms with Gasteiger partial charge in [0.15, 0.2) is 0 Å². The lowest BCUT2D eigenvalue weighted by molar-refractivity contribution is 0.0655. The van der Waals surface area contributed by atoms with E-state index in [-0.39, 0.29) is 11.1 Å². The zero-order valence-corrected chi connectivity index (χ0v) is 14.8. The van der Waals surface area contributed by atoms with Gasteiger partial charge in [0.25, 0.3) is 0 Å². The second-order valence-corrected chi connectivity index (χ2v) is 6.28. The molecule has 0 unspecified atom stereocenters.